The first-order valence-corrected chi connectivity index (χ1v) is 10.5. The van der Waals surface area contributed by atoms with Gasteiger partial charge in [-0.1, -0.05) is 36.4 Å². The van der Waals surface area contributed by atoms with E-state index in [1.165, 1.54) is 6.08 Å². The molecule has 8 heteroatoms. The van der Waals surface area contributed by atoms with Crippen molar-refractivity contribution in [2.75, 3.05) is 13.7 Å². The molecule has 1 unspecified atom stereocenters. The molecule has 160 valence electrons. The van der Waals surface area contributed by atoms with Crippen LogP contribution in [0.4, 0.5) is 4.79 Å². The van der Waals surface area contributed by atoms with Crippen LogP contribution in [0.5, 0.6) is 0 Å². The molecule has 1 aromatic carbocycles. The van der Waals surface area contributed by atoms with Crippen LogP contribution in [-0.2, 0) is 37.1 Å². The van der Waals surface area contributed by atoms with E-state index < -0.39 is 32.9 Å². The fourth-order valence-electron chi connectivity index (χ4n) is 2.68. The predicted octanol–water partition coefficient (Wildman–Crippen LogP) is 3.25. The van der Waals surface area contributed by atoms with Crippen LogP contribution in [0.15, 0.2) is 49.6 Å². The van der Waals surface area contributed by atoms with Crippen molar-refractivity contribution >= 4 is 21.3 Å². The lowest BCUT2D eigenvalue weighted by molar-refractivity contribution is -0.145. The molecule has 0 aliphatic carbocycles. The highest BCUT2D eigenvalue weighted by atomic mass is 32.2. The first-order valence-electron chi connectivity index (χ1n) is 9.09. The van der Waals surface area contributed by atoms with Gasteiger partial charge in [0, 0.05) is 13.0 Å². The summed E-state index contributed by atoms with van der Waals surface area (Å²) < 4.78 is 36.5. The summed E-state index contributed by atoms with van der Waals surface area (Å²) in [4.78, 5) is 24.9. The molecule has 0 aliphatic heterocycles. The Labute approximate surface area is 173 Å². The number of ether oxygens (including phenoxy) is 2. The Balaban J connectivity index is 3.40. The Hall–Kier alpha value is -2.45. The highest BCUT2D eigenvalue weighted by molar-refractivity contribution is 8.03. The number of sulfonamides is 1. The van der Waals surface area contributed by atoms with E-state index in [4.69, 9.17) is 9.47 Å². The van der Waals surface area contributed by atoms with Gasteiger partial charge < -0.3 is 9.47 Å². The number of allylic oxidation sites excluding steroid dienone is 1. The predicted molar refractivity (Wildman–Crippen MR) is 112 cm³/mol. The highest BCUT2D eigenvalue weighted by Gasteiger charge is 2.42. The van der Waals surface area contributed by atoms with E-state index in [0.29, 0.717) is 6.42 Å². The van der Waals surface area contributed by atoms with Gasteiger partial charge in [0.05, 0.1) is 7.11 Å². The van der Waals surface area contributed by atoms with Crippen molar-refractivity contribution in [2.45, 2.75) is 45.3 Å². The van der Waals surface area contributed by atoms with E-state index in [2.05, 4.69) is 13.2 Å². The molecule has 0 aromatic heterocycles. The third-order valence-corrected chi connectivity index (χ3v) is 5.46. The Morgan fingerprint density at radius 3 is 2.21 bits per heavy atom. The van der Waals surface area contributed by atoms with E-state index in [1.54, 1.807) is 39.0 Å². The lowest BCUT2D eigenvalue weighted by atomic mass is 9.98. The van der Waals surface area contributed by atoms with E-state index in [1.807, 2.05) is 12.1 Å². The average Bonchev–Trinajstić information content (AvgIpc) is 2.64. The zero-order valence-corrected chi connectivity index (χ0v) is 18.2. The zero-order chi connectivity index (χ0) is 22.2. The quantitative estimate of drug-likeness (QED) is 0.447. The molecule has 0 aliphatic rings. The van der Waals surface area contributed by atoms with Crippen LogP contribution in [0.1, 0.15) is 31.9 Å². The second-order valence-electron chi connectivity index (χ2n) is 7.33. The number of nitrogens with zero attached hydrogens (tertiary/aromatic N) is 1. The molecular weight excluding hydrogens is 394 g/mol. The summed E-state index contributed by atoms with van der Waals surface area (Å²) in [5.41, 5.74) is 0.627. The lowest BCUT2D eigenvalue weighted by Gasteiger charge is -2.29. The lowest BCUT2D eigenvalue weighted by Crippen LogP contribution is -2.50. The van der Waals surface area contributed by atoms with E-state index in [-0.39, 0.29) is 13.0 Å². The third kappa shape index (κ3) is 6.83. The maximum atomic E-state index is 12.9. The molecule has 0 fully saturated rings. The molecule has 0 N–H and O–H groups in total. The number of hydrogen-bond acceptors (Lipinski definition) is 6. The van der Waals surface area contributed by atoms with Gasteiger partial charge in [0.1, 0.15) is 11.6 Å². The first-order chi connectivity index (χ1) is 13.5. The van der Waals surface area contributed by atoms with Crippen molar-refractivity contribution < 1.29 is 27.5 Å². The highest BCUT2D eigenvalue weighted by Crippen LogP contribution is 2.21. The van der Waals surface area contributed by atoms with Crippen LogP contribution in [0, 0.1) is 0 Å². The van der Waals surface area contributed by atoms with Crippen LogP contribution in [-0.4, -0.2) is 49.3 Å². The van der Waals surface area contributed by atoms with Gasteiger partial charge >= 0.3 is 21.3 Å². The molecule has 7 nitrogen and oxygen atoms in total. The van der Waals surface area contributed by atoms with Crippen molar-refractivity contribution in [1.29, 1.82) is 0 Å². The van der Waals surface area contributed by atoms with Crippen molar-refractivity contribution in [3.63, 3.8) is 0 Å². The topological polar surface area (TPSA) is 90.0 Å². The summed E-state index contributed by atoms with van der Waals surface area (Å²) in [6.45, 7) is 11.7. The van der Waals surface area contributed by atoms with Gasteiger partial charge in [0.25, 0.3) is 0 Å². The fraction of sp³-hybridized carbons (Fsp3) is 0.429. The molecule has 0 radical (unpaired) electrons. The van der Waals surface area contributed by atoms with Crippen molar-refractivity contribution in [1.82, 2.24) is 4.31 Å². The molecule has 0 saturated carbocycles. The molecule has 0 bridgehead atoms. The summed E-state index contributed by atoms with van der Waals surface area (Å²) in [6.07, 6.45) is 3.58. The Kier molecular flexibility index (Phi) is 8.79. The molecule has 1 aromatic rings. The number of benzene rings is 1. The second kappa shape index (κ2) is 10.4. The maximum Gasteiger partial charge on any atom is 0.440 e. The normalized spacial score (nSPS) is 12.9. The molecule has 1 atom stereocenters. The minimum absolute atomic E-state index is 0.0204. The Morgan fingerprint density at radius 2 is 1.72 bits per heavy atom. The van der Waals surface area contributed by atoms with Gasteiger partial charge in [-0.15, -0.1) is 13.2 Å². The molecule has 29 heavy (non-hydrogen) atoms. The standard InChI is InChI=1S/C21H29NO6S/c1-7-11-16-12-9-10-13-17(16)15-18(19(23)27-6)22(14-8-2)29(25,26)20(24)28-21(3,4)5/h7-10,12-13,18H,1-2,11,14-15H2,3-6H3. The van der Waals surface area contributed by atoms with Crippen LogP contribution >= 0.6 is 0 Å². The summed E-state index contributed by atoms with van der Waals surface area (Å²) in [5.74, 6) is -0.785. The minimum Gasteiger partial charge on any atom is -0.468 e. The smallest absolute Gasteiger partial charge is 0.440 e. The molecule has 0 amide bonds. The van der Waals surface area contributed by atoms with Gasteiger partial charge in [-0.3, -0.25) is 4.79 Å². The van der Waals surface area contributed by atoms with Gasteiger partial charge in [0.15, 0.2) is 0 Å². The van der Waals surface area contributed by atoms with Gasteiger partial charge in [0.2, 0.25) is 0 Å². The van der Waals surface area contributed by atoms with Crippen molar-refractivity contribution in [3.8, 4) is 0 Å². The Bertz CT molecular complexity index is 854. The molecule has 0 saturated heterocycles. The first kappa shape index (κ1) is 24.6. The van der Waals surface area contributed by atoms with Gasteiger partial charge in [-0.2, -0.15) is 12.7 Å². The number of methoxy groups -OCH3 is 1. The molecule has 0 heterocycles. The number of hydrogen-bond donors (Lipinski definition) is 0. The zero-order valence-electron chi connectivity index (χ0n) is 17.4. The van der Waals surface area contributed by atoms with Crippen LogP contribution in [0.3, 0.4) is 0 Å². The fourth-order valence-corrected chi connectivity index (χ4v) is 4.02. The SMILES string of the molecule is C=CCc1ccccc1CC(C(=O)OC)N(CC=C)S(=O)(=O)C(=O)OC(C)(C)C. The number of rotatable bonds is 9. The third-order valence-electron chi connectivity index (χ3n) is 3.93. The molecule has 1 rings (SSSR count). The van der Waals surface area contributed by atoms with Crippen LogP contribution in [0.2, 0.25) is 0 Å². The number of carbonyl (C=O) groups is 2. The molecule has 0 spiro atoms. The van der Waals surface area contributed by atoms with Crippen molar-refractivity contribution in [2.24, 2.45) is 0 Å². The van der Waals surface area contributed by atoms with E-state index in [0.717, 1.165) is 22.5 Å². The number of carbonyl (C=O) groups excluding carboxylic acids is 2. The summed E-state index contributed by atoms with van der Waals surface area (Å²) in [7, 11) is -3.45. The largest absolute Gasteiger partial charge is 0.468 e. The number of esters is 1. The summed E-state index contributed by atoms with van der Waals surface area (Å²) >= 11 is 0. The Morgan fingerprint density at radius 1 is 1.14 bits per heavy atom. The second-order valence-corrected chi connectivity index (χ2v) is 9.08. The monoisotopic (exact) mass is 423 g/mol. The molecular formula is C21H29NO6S. The maximum absolute atomic E-state index is 12.9. The average molecular weight is 424 g/mol. The van der Waals surface area contributed by atoms with E-state index >= 15 is 0 Å². The van der Waals surface area contributed by atoms with Gasteiger partial charge in [-0.05, 0) is 38.3 Å². The summed E-state index contributed by atoms with van der Waals surface area (Å²) in [6, 6.07) is 6.03. The van der Waals surface area contributed by atoms with E-state index in [9.17, 15) is 18.0 Å². The van der Waals surface area contributed by atoms with Crippen LogP contribution in [0.25, 0.3) is 0 Å². The minimum atomic E-state index is -4.62. The van der Waals surface area contributed by atoms with Crippen molar-refractivity contribution in [3.05, 3.63) is 60.7 Å². The van der Waals surface area contributed by atoms with Crippen LogP contribution < -0.4 is 0 Å². The summed E-state index contributed by atoms with van der Waals surface area (Å²) in [5, 5.41) is -1.43. The van der Waals surface area contributed by atoms with Gasteiger partial charge in [-0.25, -0.2) is 4.79 Å².